The van der Waals surface area contributed by atoms with Gasteiger partial charge in [0.05, 0.1) is 12.7 Å². The summed E-state index contributed by atoms with van der Waals surface area (Å²) < 4.78 is 0. The SMILES string of the molecule is Cc1ccc(C2C[C@H]2CC(O)CO)c(Cl)c1. The van der Waals surface area contributed by atoms with Gasteiger partial charge in [-0.1, -0.05) is 23.7 Å². The fraction of sp³-hybridized carbons (Fsp3) is 0.538. The van der Waals surface area contributed by atoms with E-state index in [1.807, 2.05) is 13.0 Å². The molecule has 1 aromatic carbocycles. The van der Waals surface area contributed by atoms with Crippen LogP contribution in [0.5, 0.6) is 0 Å². The maximum absolute atomic E-state index is 9.36. The molecule has 2 unspecified atom stereocenters. The van der Waals surface area contributed by atoms with E-state index in [0.29, 0.717) is 18.3 Å². The van der Waals surface area contributed by atoms with Gasteiger partial charge in [0.25, 0.3) is 0 Å². The molecular formula is C13H17ClO2. The van der Waals surface area contributed by atoms with Crippen LogP contribution in [0.25, 0.3) is 0 Å². The molecule has 2 rings (SSSR count). The van der Waals surface area contributed by atoms with E-state index < -0.39 is 6.10 Å². The summed E-state index contributed by atoms with van der Waals surface area (Å²) >= 11 is 6.19. The maximum atomic E-state index is 9.36. The lowest BCUT2D eigenvalue weighted by atomic mass is 10.0. The van der Waals surface area contributed by atoms with Gasteiger partial charge in [-0.2, -0.15) is 0 Å². The number of halogens is 1. The summed E-state index contributed by atoms with van der Waals surface area (Å²) in [5.74, 6) is 0.941. The average molecular weight is 241 g/mol. The molecule has 0 aliphatic heterocycles. The van der Waals surface area contributed by atoms with Crippen molar-refractivity contribution in [1.29, 1.82) is 0 Å². The van der Waals surface area contributed by atoms with Crippen molar-refractivity contribution in [2.45, 2.75) is 31.8 Å². The van der Waals surface area contributed by atoms with Crippen molar-refractivity contribution in [2.75, 3.05) is 6.61 Å². The van der Waals surface area contributed by atoms with E-state index in [2.05, 4.69) is 12.1 Å². The largest absolute Gasteiger partial charge is 0.394 e. The molecule has 1 aliphatic rings. The molecule has 2 N–H and O–H groups in total. The summed E-state index contributed by atoms with van der Waals surface area (Å²) in [6.07, 6.45) is 1.16. The van der Waals surface area contributed by atoms with Crippen LogP contribution >= 0.6 is 11.6 Å². The molecule has 3 heteroatoms. The quantitative estimate of drug-likeness (QED) is 0.849. The molecule has 1 aromatic rings. The topological polar surface area (TPSA) is 40.5 Å². The van der Waals surface area contributed by atoms with Crippen LogP contribution in [0.15, 0.2) is 18.2 Å². The number of benzene rings is 1. The third-order valence-electron chi connectivity index (χ3n) is 3.26. The molecule has 88 valence electrons. The molecule has 1 saturated carbocycles. The van der Waals surface area contributed by atoms with Gasteiger partial charge in [-0.05, 0) is 48.8 Å². The van der Waals surface area contributed by atoms with Crippen LogP contribution in [0.1, 0.15) is 29.9 Å². The Bertz CT molecular complexity index is 378. The Morgan fingerprint density at radius 2 is 2.25 bits per heavy atom. The van der Waals surface area contributed by atoms with E-state index in [-0.39, 0.29) is 6.61 Å². The van der Waals surface area contributed by atoms with Crippen molar-refractivity contribution in [3.05, 3.63) is 34.3 Å². The van der Waals surface area contributed by atoms with Crippen LogP contribution < -0.4 is 0 Å². The lowest BCUT2D eigenvalue weighted by Gasteiger charge is -2.07. The molecule has 2 nitrogen and oxygen atoms in total. The highest BCUT2D eigenvalue weighted by atomic mass is 35.5. The molecule has 0 spiro atoms. The molecule has 0 radical (unpaired) electrons. The Morgan fingerprint density at radius 1 is 1.50 bits per heavy atom. The molecule has 1 fully saturated rings. The molecule has 0 bridgehead atoms. The van der Waals surface area contributed by atoms with Crippen LogP contribution in [0.2, 0.25) is 5.02 Å². The number of aryl methyl sites for hydroxylation is 1. The van der Waals surface area contributed by atoms with Crippen molar-refractivity contribution < 1.29 is 10.2 Å². The third-order valence-corrected chi connectivity index (χ3v) is 3.59. The predicted octanol–water partition coefficient (Wildman–Crippen LogP) is 2.50. The van der Waals surface area contributed by atoms with Crippen LogP contribution in [-0.4, -0.2) is 22.9 Å². The zero-order valence-electron chi connectivity index (χ0n) is 9.36. The molecule has 0 amide bonds. The van der Waals surface area contributed by atoms with E-state index in [4.69, 9.17) is 16.7 Å². The van der Waals surface area contributed by atoms with Gasteiger partial charge < -0.3 is 10.2 Å². The van der Waals surface area contributed by atoms with E-state index in [9.17, 15) is 5.11 Å². The van der Waals surface area contributed by atoms with E-state index >= 15 is 0 Å². The maximum Gasteiger partial charge on any atom is 0.0773 e. The van der Waals surface area contributed by atoms with Gasteiger partial charge in [0.1, 0.15) is 0 Å². The minimum atomic E-state index is -0.584. The minimum Gasteiger partial charge on any atom is -0.394 e. The molecule has 0 saturated heterocycles. The van der Waals surface area contributed by atoms with Crippen molar-refractivity contribution in [3.63, 3.8) is 0 Å². The predicted molar refractivity (Wildman–Crippen MR) is 64.7 cm³/mol. The first-order chi connectivity index (χ1) is 7.61. The molecular weight excluding hydrogens is 224 g/mol. The third kappa shape index (κ3) is 2.57. The van der Waals surface area contributed by atoms with Crippen LogP contribution in [0.3, 0.4) is 0 Å². The second-order valence-corrected chi connectivity index (χ2v) is 5.11. The Morgan fingerprint density at radius 3 is 2.88 bits per heavy atom. The van der Waals surface area contributed by atoms with Crippen molar-refractivity contribution >= 4 is 11.6 Å². The van der Waals surface area contributed by atoms with Gasteiger partial charge in [-0.3, -0.25) is 0 Å². The van der Waals surface area contributed by atoms with Gasteiger partial charge in [0.2, 0.25) is 0 Å². The summed E-state index contributed by atoms with van der Waals surface area (Å²) in [5, 5.41) is 19.0. The minimum absolute atomic E-state index is 0.148. The second kappa shape index (κ2) is 4.74. The lowest BCUT2D eigenvalue weighted by Crippen LogP contribution is -2.12. The standard InChI is InChI=1S/C13H17ClO2/c1-8-2-3-11(13(14)4-8)12-6-9(12)5-10(16)7-15/h2-4,9-10,12,15-16H,5-7H2,1H3/t9-,10?,12?/m1/s1. The smallest absolute Gasteiger partial charge is 0.0773 e. The first-order valence-electron chi connectivity index (χ1n) is 5.66. The van der Waals surface area contributed by atoms with Crippen molar-refractivity contribution in [1.82, 2.24) is 0 Å². The summed E-state index contributed by atoms with van der Waals surface area (Å²) in [5.41, 5.74) is 2.35. The number of rotatable bonds is 4. The van der Waals surface area contributed by atoms with Gasteiger partial charge in [0, 0.05) is 5.02 Å². The van der Waals surface area contributed by atoms with Crippen LogP contribution in [0.4, 0.5) is 0 Å². The fourth-order valence-corrected chi connectivity index (χ4v) is 2.62. The van der Waals surface area contributed by atoms with Crippen molar-refractivity contribution in [3.8, 4) is 0 Å². The zero-order chi connectivity index (χ0) is 11.7. The second-order valence-electron chi connectivity index (χ2n) is 4.70. The molecule has 1 aliphatic carbocycles. The molecule has 16 heavy (non-hydrogen) atoms. The molecule has 3 atom stereocenters. The summed E-state index contributed by atoms with van der Waals surface area (Å²) in [4.78, 5) is 0. The van der Waals surface area contributed by atoms with Gasteiger partial charge >= 0.3 is 0 Å². The number of hydrogen-bond donors (Lipinski definition) is 2. The molecule has 0 aromatic heterocycles. The Hall–Kier alpha value is -0.570. The molecule has 0 heterocycles. The zero-order valence-corrected chi connectivity index (χ0v) is 10.1. The highest BCUT2D eigenvalue weighted by molar-refractivity contribution is 6.31. The highest BCUT2D eigenvalue weighted by Crippen LogP contribution is 2.51. The van der Waals surface area contributed by atoms with Crippen molar-refractivity contribution in [2.24, 2.45) is 5.92 Å². The average Bonchev–Trinajstić information content (AvgIpc) is 2.97. The normalized spacial score (nSPS) is 25.5. The first kappa shape index (κ1) is 11.9. The van der Waals surface area contributed by atoms with E-state index in [1.165, 1.54) is 11.1 Å². The Labute approximate surface area is 101 Å². The van der Waals surface area contributed by atoms with Gasteiger partial charge in [-0.15, -0.1) is 0 Å². The summed E-state index contributed by atoms with van der Waals surface area (Å²) in [6, 6.07) is 6.13. The fourth-order valence-electron chi connectivity index (χ4n) is 2.25. The van der Waals surface area contributed by atoms with Crippen LogP contribution in [-0.2, 0) is 0 Å². The Balaban J connectivity index is 2.00. The lowest BCUT2D eigenvalue weighted by molar-refractivity contribution is 0.0833. The summed E-state index contributed by atoms with van der Waals surface area (Å²) in [7, 11) is 0. The highest BCUT2D eigenvalue weighted by Gasteiger charge is 2.40. The van der Waals surface area contributed by atoms with Gasteiger partial charge in [0.15, 0.2) is 0 Å². The van der Waals surface area contributed by atoms with E-state index in [1.54, 1.807) is 0 Å². The number of hydrogen-bond acceptors (Lipinski definition) is 2. The summed E-state index contributed by atoms with van der Waals surface area (Å²) in [6.45, 7) is 1.88. The number of aliphatic hydroxyl groups is 2. The van der Waals surface area contributed by atoms with Gasteiger partial charge in [-0.25, -0.2) is 0 Å². The monoisotopic (exact) mass is 240 g/mol. The Kier molecular flexibility index (Phi) is 3.53. The number of aliphatic hydroxyl groups excluding tert-OH is 2. The van der Waals surface area contributed by atoms with E-state index in [0.717, 1.165) is 11.4 Å². The first-order valence-corrected chi connectivity index (χ1v) is 6.04. The van der Waals surface area contributed by atoms with Crippen LogP contribution in [0, 0.1) is 12.8 Å².